The monoisotopic (exact) mass is 726 g/mol. The maximum Gasteiger partial charge on any atom is 0.249 e. The van der Waals surface area contributed by atoms with Crippen molar-refractivity contribution in [2.45, 2.75) is 63.9 Å². The van der Waals surface area contributed by atoms with E-state index in [2.05, 4.69) is 39.1 Å². The first-order valence-electron chi connectivity index (χ1n) is 18.2. The molecule has 5 atom stereocenters. The molecule has 13 nitrogen and oxygen atoms in total. The molecule has 0 aliphatic carbocycles. The zero-order chi connectivity index (χ0) is 37.2. The molecule has 274 valence electrons. The zero-order valence-corrected chi connectivity index (χ0v) is 30.2. The van der Waals surface area contributed by atoms with E-state index in [-0.39, 0.29) is 30.0 Å². The summed E-state index contributed by atoms with van der Waals surface area (Å²) in [6.07, 6.45) is 1.79. The van der Waals surface area contributed by atoms with Gasteiger partial charge >= 0.3 is 0 Å². The number of carbonyl (C=O) groups is 2. The van der Waals surface area contributed by atoms with Crippen molar-refractivity contribution < 1.29 is 33.0 Å². The lowest BCUT2D eigenvalue weighted by atomic mass is 9.72. The number of amides is 2. The van der Waals surface area contributed by atoms with E-state index in [9.17, 15) is 14.7 Å². The average molecular weight is 727 g/mol. The summed E-state index contributed by atoms with van der Waals surface area (Å²) in [5.74, 6) is 1.23. The lowest BCUT2D eigenvalue weighted by Gasteiger charge is -2.29. The molecule has 3 aromatic heterocycles. The normalized spacial score (nSPS) is 22.1. The minimum atomic E-state index is -1.29. The highest BCUT2D eigenvalue weighted by molar-refractivity contribution is 6.09. The summed E-state index contributed by atoms with van der Waals surface area (Å²) in [5, 5.41) is 21.2. The Morgan fingerprint density at radius 1 is 1.04 bits per heavy atom. The summed E-state index contributed by atoms with van der Waals surface area (Å²) in [6.45, 7) is 7.42. The predicted molar refractivity (Wildman–Crippen MR) is 198 cm³/mol. The third kappa shape index (κ3) is 4.35. The number of hydrogen-bond acceptors (Lipinski definition) is 10. The minimum Gasteiger partial charge on any atom is -0.495 e. The number of H-pyrrole nitrogens is 1. The Bertz CT molecular complexity index is 2550. The van der Waals surface area contributed by atoms with Crippen molar-refractivity contribution in [3.8, 4) is 45.5 Å². The number of nitrogens with one attached hydrogen (secondary N) is 4. The SMILES string of the molecule is COc1ccc2c3c(c[nH]c13)-c1cnc(o1)-c1nc3oc1C14c5cc(ccc5OC1Nc1c-2cccc14)CC(NC(=O)[C@@H](O)C(C)C)C(=O)N[C@H]3C(C)C. The van der Waals surface area contributed by atoms with Gasteiger partial charge in [-0.05, 0) is 41.2 Å². The van der Waals surface area contributed by atoms with E-state index in [4.69, 9.17) is 28.3 Å². The Balaban J connectivity index is 1.28. The van der Waals surface area contributed by atoms with Crippen molar-refractivity contribution in [3.63, 3.8) is 0 Å². The number of nitrogens with zero attached hydrogens (tertiary/aromatic N) is 2. The van der Waals surface area contributed by atoms with Crippen LogP contribution in [0.4, 0.5) is 5.69 Å². The maximum absolute atomic E-state index is 14.2. The molecule has 0 radical (unpaired) electrons. The van der Waals surface area contributed by atoms with E-state index in [0.717, 1.165) is 50.0 Å². The quantitative estimate of drug-likeness (QED) is 0.146. The molecule has 6 aromatic rings. The molecule has 3 aromatic carbocycles. The molecule has 10 rings (SSSR count). The van der Waals surface area contributed by atoms with Crippen LogP contribution in [0.15, 0.2) is 69.8 Å². The van der Waals surface area contributed by atoms with Gasteiger partial charge in [-0.3, -0.25) is 9.59 Å². The molecule has 7 heterocycles. The van der Waals surface area contributed by atoms with Crippen molar-refractivity contribution in [1.82, 2.24) is 25.6 Å². The zero-order valence-electron chi connectivity index (χ0n) is 30.2. The fourth-order valence-corrected chi connectivity index (χ4v) is 8.63. The van der Waals surface area contributed by atoms with Crippen molar-refractivity contribution in [2.24, 2.45) is 11.8 Å². The van der Waals surface area contributed by atoms with E-state index in [0.29, 0.717) is 28.7 Å². The van der Waals surface area contributed by atoms with Gasteiger partial charge in [-0.1, -0.05) is 58.0 Å². The van der Waals surface area contributed by atoms with Crippen molar-refractivity contribution >= 4 is 28.4 Å². The summed E-state index contributed by atoms with van der Waals surface area (Å²) >= 11 is 0. The number of aliphatic hydroxyl groups is 1. The van der Waals surface area contributed by atoms with Crippen molar-refractivity contribution in [2.75, 3.05) is 12.4 Å². The highest BCUT2D eigenvalue weighted by Gasteiger charge is 2.61. The lowest BCUT2D eigenvalue weighted by Crippen LogP contribution is -2.52. The molecule has 2 amide bonds. The molecule has 5 N–H and O–H groups in total. The van der Waals surface area contributed by atoms with E-state index in [1.807, 2.05) is 50.4 Å². The van der Waals surface area contributed by atoms with Gasteiger partial charge in [0, 0.05) is 45.9 Å². The first-order chi connectivity index (χ1) is 26.1. The summed E-state index contributed by atoms with van der Waals surface area (Å²) in [5.41, 5.74) is 6.16. The number of benzene rings is 3. The van der Waals surface area contributed by atoms with Gasteiger partial charge in [0.2, 0.25) is 23.6 Å². The van der Waals surface area contributed by atoms with Crippen LogP contribution in [0.1, 0.15) is 62.1 Å². The number of carbonyl (C=O) groups excluding carboxylic acids is 2. The van der Waals surface area contributed by atoms with Crippen LogP contribution in [-0.2, 0) is 21.4 Å². The Hall–Kier alpha value is -6.08. The maximum atomic E-state index is 14.2. The van der Waals surface area contributed by atoms with E-state index >= 15 is 0 Å². The molecule has 54 heavy (non-hydrogen) atoms. The molecule has 3 unspecified atom stereocenters. The number of ether oxygens (including phenoxy) is 2. The summed E-state index contributed by atoms with van der Waals surface area (Å²) in [7, 11) is 1.65. The van der Waals surface area contributed by atoms with Gasteiger partial charge in [0.15, 0.2) is 23.4 Å². The number of aliphatic hydroxyl groups excluding tert-OH is 1. The molecular weight excluding hydrogens is 688 g/mol. The van der Waals surface area contributed by atoms with Crippen LogP contribution in [0, 0.1) is 11.8 Å². The fourth-order valence-electron chi connectivity index (χ4n) is 8.63. The number of aromatic amines is 1. The first kappa shape index (κ1) is 32.6. The van der Waals surface area contributed by atoms with Gasteiger partial charge in [0.25, 0.3) is 0 Å². The van der Waals surface area contributed by atoms with Gasteiger partial charge in [-0.15, -0.1) is 0 Å². The molecule has 1 spiro atoms. The van der Waals surface area contributed by atoms with Gasteiger partial charge in [-0.2, -0.15) is 0 Å². The number of aromatic nitrogens is 3. The summed E-state index contributed by atoms with van der Waals surface area (Å²) in [6, 6.07) is 14.3. The number of oxazole rings is 2. The standard InChI is InChI=1S/C41H38N6O7/c1-17(2)30-39-46-33-35(54-39)41-23-8-6-7-21(20-10-12-27(51-5)32-29(20)22(15-42-32)28-16-43-38(33)52-28)31(23)47-40(41)53-26-11-9-19(13-24(26)41)14-25(36(49)45-30)44-37(50)34(48)18(3)4/h6-13,15-18,25,30,34,40,42,47-48H,14H2,1-5H3,(H,44,50)(H,45,49)/t25?,30-,34-,40?,41?/m0/s1. The Morgan fingerprint density at radius 2 is 1.89 bits per heavy atom. The van der Waals surface area contributed by atoms with Crippen LogP contribution < -0.4 is 25.4 Å². The fraction of sp³-hybridized carbons (Fsp3) is 0.317. The van der Waals surface area contributed by atoms with Gasteiger partial charge in [0.05, 0.1) is 18.8 Å². The number of para-hydroxylation sites is 1. The van der Waals surface area contributed by atoms with Gasteiger partial charge < -0.3 is 44.3 Å². The van der Waals surface area contributed by atoms with Crippen LogP contribution in [0.2, 0.25) is 0 Å². The molecule has 13 heteroatoms. The number of anilines is 1. The molecule has 0 saturated heterocycles. The van der Waals surface area contributed by atoms with Crippen LogP contribution in [0.25, 0.3) is 44.9 Å². The molecule has 0 fully saturated rings. The molecule has 4 aliphatic rings. The third-order valence-corrected chi connectivity index (χ3v) is 11.4. The lowest BCUT2D eigenvalue weighted by molar-refractivity contribution is -0.135. The number of rotatable bonds is 5. The van der Waals surface area contributed by atoms with Crippen LogP contribution in [0.3, 0.4) is 0 Å². The smallest absolute Gasteiger partial charge is 0.249 e. The summed E-state index contributed by atoms with van der Waals surface area (Å²) in [4.78, 5) is 40.7. The van der Waals surface area contributed by atoms with Crippen molar-refractivity contribution in [3.05, 3.63) is 89.3 Å². The molecular formula is C41H38N6O7. The largest absolute Gasteiger partial charge is 0.495 e. The highest BCUT2D eigenvalue weighted by atomic mass is 16.5. The predicted octanol–water partition coefficient (Wildman–Crippen LogP) is 5.82. The Morgan fingerprint density at radius 3 is 2.69 bits per heavy atom. The summed E-state index contributed by atoms with van der Waals surface area (Å²) < 4.78 is 26.2. The topological polar surface area (TPSA) is 177 Å². The number of methoxy groups -OCH3 is 1. The Labute approximate surface area is 309 Å². The number of fused-ring (bicyclic) bond motifs is 7. The molecule has 4 aliphatic heterocycles. The van der Waals surface area contributed by atoms with E-state index in [1.54, 1.807) is 27.2 Å². The van der Waals surface area contributed by atoms with Crippen LogP contribution in [0.5, 0.6) is 11.5 Å². The minimum absolute atomic E-state index is 0.157. The number of hydrogen-bond donors (Lipinski definition) is 5. The van der Waals surface area contributed by atoms with Gasteiger partial charge in [-0.25, -0.2) is 9.97 Å². The highest BCUT2D eigenvalue weighted by Crippen LogP contribution is 2.61. The second-order valence-corrected chi connectivity index (χ2v) is 15.2. The molecule has 0 saturated carbocycles. The van der Waals surface area contributed by atoms with E-state index in [1.165, 1.54) is 0 Å². The Kier molecular flexibility index (Phi) is 6.91. The van der Waals surface area contributed by atoms with E-state index < -0.39 is 41.6 Å². The van der Waals surface area contributed by atoms with Crippen LogP contribution >= 0.6 is 0 Å². The van der Waals surface area contributed by atoms with Gasteiger partial charge in [0.1, 0.15) is 35.1 Å². The van der Waals surface area contributed by atoms with Crippen molar-refractivity contribution in [1.29, 1.82) is 0 Å². The van der Waals surface area contributed by atoms with Crippen LogP contribution in [-0.4, -0.2) is 57.4 Å². The second kappa shape index (κ2) is 11.5. The molecule has 10 bridgehead atoms. The second-order valence-electron chi connectivity index (χ2n) is 15.2. The first-order valence-corrected chi connectivity index (χ1v) is 18.2. The third-order valence-electron chi connectivity index (χ3n) is 11.4. The average Bonchev–Trinajstić information content (AvgIpc) is 3.98.